The Labute approximate surface area is 141 Å². The van der Waals surface area contributed by atoms with E-state index in [-0.39, 0.29) is 23.2 Å². The van der Waals surface area contributed by atoms with Crippen molar-refractivity contribution in [2.24, 2.45) is 0 Å². The Morgan fingerprint density at radius 1 is 1.25 bits per heavy atom. The van der Waals surface area contributed by atoms with Crippen LogP contribution in [-0.4, -0.2) is 24.0 Å². The maximum atomic E-state index is 12.0. The van der Waals surface area contributed by atoms with Crippen LogP contribution in [0.2, 0.25) is 0 Å². The average molecular weight is 324 g/mol. The molecule has 2 aromatic rings. The number of phenolic OH excluding ortho intramolecular Hbond substituents is 1. The summed E-state index contributed by atoms with van der Waals surface area (Å²) < 4.78 is 5.12. The largest absolute Gasteiger partial charge is 0.507 e. The molecule has 1 aliphatic rings. The van der Waals surface area contributed by atoms with Crippen molar-refractivity contribution >= 4 is 12.3 Å². The standard InChI is InChI=1S/C20H20O4/c1-2-24-20(23)11-16-8-14-9-17(12-21)19(22)10-15(14)7-13-5-3-4-6-18(13)16/h3-6,9-10,12,16,22H,2,7-8,11H2,1H3/t16-/m1/s1. The summed E-state index contributed by atoms with van der Waals surface area (Å²) in [4.78, 5) is 23.1. The Bertz CT molecular complexity index is 779. The number of ether oxygens (including phenoxy) is 1. The van der Waals surface area contributed by atoms with Gasteiger partial charge in [-0.25, -0.2) is 0 Å². The fourth-order valence-electron chi connectivity index (χ4n) is 3.42. The highest BCUT2D eigenvalue weighted by atomic mass is 16.5. The molecule has 3 rings (SSSR count). The van der Waals surface area contributed by atoms with Gasteiger partial charge in [0.2, 0.25) is 0 Å². The van der Waals surface area contributed by atoms with Gasteiger partial charge in [-0.1, -0.05) is 24.3 Å². The number of hydrogen-bond acceptors (Lipinski definition) is 4. The van der Waals surface area contributed by atoms with Crippen LogP contribution < -0.4 is 0 Å². The number of carbonyl (C=O) groups is 2. The van der Waals surface area contributed by atoms with Crippen molar-refractivity contribution in [1.82, 2.24) is 0 Å². The SMILES string of the molecule is CCOC(=O)C[C@H]1Cc2cc(C=O)c(O)cc2Cc2ccccc21. The fraction of sp³-hybridized carbons (Fsp3) is 0.300. The number of hydrogen-bond donors (Lipinski definition) is 1. The molecule has 0 saturated heterocycles. The first-order valence-electron chi connectivity index (χ1n) is 8.15. The van der Waals surface area contributed by atoms with Crippen LogP contribution in [0.5, 0.6) is 5.75 Å². The number of aldehydes is 1. The summed E-state index contributed by atoms with van der Waals surface area (Å²) in [5.74, 6) is -0.203. The highest BCUT2D eigenvalue weighted by Crippen LogP contribution is 2.36. The molecular weight excluding hydrogens is 304 g/mol. The van der Waals surface area contributed by atoms with Crippen molar-refractivity contribution in [3.63, 3.8) is 0 Å². The van der Waals surface area contributed by atoms with E-state index in [2.05, 4.69) is 0 Å². The molecule has 0 bridgehead atoms. The lowest BCUT2D eigenvalue weighted by Gasteiger charge is -2.17. The monoisotopic (exact) mass is 324 g/mol. The van der Waals surface area contributed by atoms with Crippen LogP contribution in [0.3, 0.4) is 0 Å². The van der Waals surface area contributed by atoms with Crippen LogP contribution in [0.4, 0.5) is 0 Å². The molecule has 0 aromatic heterocycles. The molecule has 1 atom stereocenters. The lowest BCUT2D eigenvalue weighted by atomic mass is 9.88. The van der Waals surface area contributed by atoms with E-state index in [0.717, 1.165) is 22.3 Å². The van der Waals surface area contributed by atoms with Gasteiger partial charge in [-0.3, -0.25) is 9.59 Å². The molecule has 4 heteroatoms. The lowest BCUT2D eigenvalue weighted by Crippen LogP contribution is -2.13. The van der Waals surface area contributed by atoms with Crippen LogP contribution in [0.25, 0.3) is 0 Å². The van der Waals surface area contributed by atoms with Gasteiger partial charge >= 0.3 is 5.97 Å². The van der Waals surface area contributed by atoms with E-state index in [1.54, 1.807) is 19.1 Å². The zero-order chi connectivity index (χ0) is 17.1. The van der Waals surface area contributed by atoms with Gasteiger partial charge in [-0.05, 0) is 60.1 Å². The Morgan fingerprint density at radius 3 is 2.79 bits per heavy atom. The Hall–Kier alpha value is -2.62. The van der Waals surface area contributed by atoms with Gasteiger partial charge in [0.05, 0.1) is 18.6 Å². The topological polar surface area (TPSA) is 63.6 Å². The molecule has 124 valence electrons. The minimum atomic E-state index is -0.213. The van der Waals surface area contributed by atoms with E-state index in [1.165, 1.54) is 0 Å². The third-order valence-corrected chi connectivity index (χ3v) is 4.54. The van der Waals surface area contributed by atoms with Gasteiger partial charge in [0.15, 0.2) is 6.29 Å². The smallest absolute Gasteiger partial charge is 0.306 e. The second-order valence-electron chi connectivity index (χ2n) is 6.08. The van der Waals surface area contributed by atoms with Gasteiger partial charge in [-0.15, -0.1) is 0 Å². The summed E-state index contributed by atoms with van der Waals surface area (Å²) in [5.41, 5.74) is 4.56. The average Bonchev–Trinajstić information content (AvgIpc) is 2.71. The Balaban J connectivity index is 2.03. The van der Waals surface area contributed by atoms with E-state index in [1.807, 2.05) is 24.3 Å². The minimum absolute atomic E-state index is 0.00470. The van der Waals surface area contributed by atoms with Crippen LogP contribution in [-0.2, 0) is 22.4 Å². The molecule has 1 aliphatic carbocycles. The summed E-state index contributed by atoms with van der Waals surface area (Å²) in [6, 6.07) is 11.5. The molecule has 2 aromatic carbocycles. The van der Waals surface area contributed by atoms with Crippen LogP contribution in [0, 0.1) is 0 Å². The molecule has 0 fully saturated rings. The lowest BCUT2D eigenvalue weighted by molar-refractivity contribution is -0.143. The van der Waals surface area contributed by atoms with E-state index < -0.39 is 0 Å². The molecule has 0 unspecified atom stereocenters. The zero-order valence-corrected chi connectivity index (χ0v) is 13.6. The molecule has 0 saturated carbocycles. The predicted molar refractivity (Wildman–Crippen MR) is 90.4 cm³/mol. The molecule has 0 aliphatic heterocycles. The summed E-state index contributed by atoms with van der Waals surface area (Å²) in [5, 5.41) is 9.98. The number of aromatic hydroxyl groups is 1. The number of rotatable bonds is 4. The van der Waals surface area contributed by atoms with Gasteiger partial charge in [-0.2, -0.15) is 0 Å². The summed E-state index contributed by atoms with van der Waals surface area (Å²) in [7, 11) is 0. The van der Waals surface area contributed by atoms with Crippen molar-refractivity contribution in [1.29, 1.82) is 0 Å². The van der Waals surface area contributed by atoms with Crippen molar-refractivity contribution in [2.45, 2.75) is 32.1 Å². The normalized spacial score (nSPS) is 15.8. The maximum Gasteiger partial charge on any atom is 0.306 e. The fourth-order valence-corrected chi connectivity index (χ4v) is 3.42. The molecule has 0 spiro atoms. The summed E-state index contributed by atoms with van der Waals surface area (Å²) >= 11 is 0. The van der Waals surface area contributed by atoms with Gasteiger partial charge < -0.3 is 9.84 Å². The highest BCUT2D eigenvalue weighted by molar-refractivity contribution is 5.80. The zero-order valence-electron chi connectivity index (χ0n) is 13.6. The molecule has 0 amide bonds. The molecular formula is C20H20O4. The van der Waals surface area contributed by atoms with Crippen LogP contribution in [0.1, 0.15) is 51.9 Å². The molecule has 1 N–H and O–H groups in total. The number of carbonyl (C=O) groups excluding carboxylic acids is 2. The molecule has 4 nitrogen and oxygen atoms in total. The second kappa shape index (κ2) is 6.87. The maximum absolute atomic E-state index is 12.0. The van der Waals surface area contributed by atoms with E-state index in [4.69, 9.17) is 4.74 Å². The number of fused-ring (bicyclic) bond motifs is 2. The number of phenols is 1. The van der Waals surface area contributed by atoms with Crippen LogP contribution in [0.15, 0.2) is 36.4 Å². The Morgan fingerprint density at radius 2 is 2.04 bits per heavy atom. The van der Waals surface area contributed by atoms with Gasteiger partial charge in [0, 0.05) is 0 Å². The van der Waals surface area contributed by atoms with E-state index in [0.29, 0.717) is 32.2 Å². The summed E-state index contributed by atoms with van der Waals surface area (Å²) in [6.45, 7) is 2.17. The van der Waals surface area contributed by atoms with Crippen molar-refractivity contribution in [3.05, 3.63) is 64.2 Å². The summed E-state index contributed by atoms with van der Waals surface area (Å²) in [6.07, 6.45) is 2.29. The number of benzene rings is 2. The highest BCUT2D eigenvalue weighted by Gasteiger charge is 2.25. The third kappa shape index (κ3) is 3.18. The molecule has 24 heavy (non-hydrogen) atoms. The first kappa shape index (κ1) is 16.2. The van der Waals surface area contributed by atoms with Gasteiger partial charge in [0.1, 0.15) is 5.75 Å². The quantitative estimate of drug-likeness (QED) is 0.692. The van der Waals surface area contributed by atoms with Crippen LogP contribution >= 0.6 is 0 Å². The molecule has 0 heterocycles. The van der Waals surface area contributed by atoms with Crippen molar-refractivity contribution < 1.29 is 19.4 Å². The predicted octanol–water partition coefficient (Wildman–Crippen LogP) is 3.39. The molecule has 0 radical (unpaired) electrons. The number of esters is 1. The minimum Gasteiger partial charge on any atom is -0.507 e. The van der Waals surface area contributed by atoms with Crippen molar-refractivity contribution in [3.8, 4) is 5.75 Å². The van der Waals surface area contributed by atoms with Gasteiger partial charge in [0.25, 0.3) is 0 Å². The Kier molecular flexibility index (Phi) is 4.65. The second-order valence-corrected chi connectivity index (χ2v) is 6.08. The van der Waals surface area contributed by atoms with E-state index >= 15 is 0 Å². The third-order valence-electron chi connectivity index (χ3n) is 4.54. The van der Waals surface area contributed by atoms with Crippen molar-refractivity contribution in [2.75, 3.05) is 6.61 Å². The first-order valence-corrected chi connectivity index (χ1v) is 8.15. The first-order chi connectivity index (χ1) is 11.6. The van der Waals surface area contributed by atoms with E-state index in [9.17, 15) is 14.7 Å².